The molecule has 2 aromatic carbocycles. The van der Waals surface area contributed by atoms with E-state index in [0.29, 0.717) is 32.8 Å². The van der Waals surface area contributed by atoms with Crippen LogP contribution in [0.4, 0.5) is 10.5 Å². The molecule has 10 nitrogen and oxygen atoms in total. The van der Waals surface area contributed by atoms with E-state index < -0.39 is 29.8 Å². The summed E-state index contributed by atoms with van der Waals surface area (Å²) in [5.41, 5.74) is 2.58. The van der Waals surface area contributed by atoms with E-state index in [1.807, 2.05) is 57.2 Å². The average Bonchev–Trinajstić information content (AvgIpc) is 2.99. The number of benzene rings is 2. The van der Waals surface area contributed by atoms with Crippen LogP contribution >= 0.6 is 0 Å². The standard InChI is InChI=1S/C33H48N2O8/c1-33(2,3)31-30(42-18-7-16-36)29(24-9-11-25(40-5)12-10-24)28(21-35(31)32(37)38)43-22-23-8-13-27-26(20-23)34(15-19-41-27)14-6-17-39-4/h8-13,20,28-31,36H,6-7,14-19,21-22H2,1-5H3,(H,37,38)/t28-,29-,30-,31?/m0/s1. The van der Waals surface area contributed by atoms with Crippen LogP contribution in [-0.2, 0) is 20.8 Å². The number of rotatable bonds is 13. The van der Waals surface area contributed by atoms with Crippen LogP contribution in [0.15, 0.2) is 42.5 Å². The number of piperidine rings is 1. The third-order valence-electron chi connectivity index (χ3n) is 8.25. The van der Waals surface area contributed by atoms with Crippen LogP contribution in [0.5, 0.6) is 11.5 Å². The largest absolute Gasteiger partial charge is 0.497 e. The zero-order valence-corrected chi connectivity index (χ0v) is 26.2. The smallest absolute Gasteiger partial charge is 0.407 e. The normalized spacial score (nSPS) is 22.2. The lowest BCUT2D eigenvalue weighted by Gasteiger charge is -2.52. The molecule has 1 unspecified atom stereocenters. The van der Waals surface area contributed by atoms with Gasteiger partial charge in [-0.2, -0.15) is 0 Å². The minimum Gasteiger partial charge on any atom is -0.497 e. The third kappa shape index (κ3) is 8.12. The first kappa shape index (κ1) is 32.9. The highest BCUT2D eigenvalue weighted by atomic mass is 16.5. The molecule has 0 radical (unpaired) electrons. The van der Waals surface area contributed by atoms with E-state index in [4.69, 9.17) is 23.7 Å². The molecule has 238 valence electrons. The van der Waals surface area contributed by atoms with Crippen molar-refractivity contribution in [1.29, 1.82) is 0 Å². The Morgan fingerprint density at radius 3 is 2.47 bits per heavy atom. The fourth-order valence-electron chi connectivity index (χ4n) is 6.27. The number of aliphatic hydroxyl groups is 1. The minimum atomic E-state index is -1.00. The number of carboxylic acid groups (broad SMARTS) is 1. The Morgan fingerprint density at radius 1 is 1.05 bits per heavy atom. The van der Waals surface area contributed by atoms with E-state index in [2.05, 4.69) is 11.0 Å². The van der Waals surface area contributed by atoms with Crippen molar-refractivity contribution < 1.29 is 38.7 Å². The summed E-state index contributed by atoms with van der Waals surface area (Å²) in [6.07, 6.45) is -0.607. The fourth-order valence-corrected chi connectivity index (χ4v) is 6.27. The van der Waals surface area contributed by atoms with Gasteiger partial charge in [-0.25, -0.2) is 4.79 Å². The molecular formula is C33H48N2O8. The van der Waals surface area contributed by atoms with Crippen LogP contribution in [0.25, 0.3) is 0 Å². The van der Waals surface area contributed by atoms with Crippen molar-refractivity contribution in [2.75, 3.05) is 65.2 Å². The Morgan fingerprint density at radius 2 is 1.81 bits per heavy atom. The van der Waals surface area contributed by atoms with Gasteiger partial charge >= 0.3 is 6.09 Å². The van der Waals surface area contributed by atoms with Crippen LogP contribution in [0, 0.1) is 5.41 Å². The van der Waals surface area contributed by atoms with Gasteiger partial charge in [0.2, 0.25) is 0 Å². The number of amides is 1. The Labute approximate surface area is 255 Å². The van der Waals surface area contributed by atoms with Crippen molar-refractivity contribution in [2.45, 2.75) is 64.4 Å². The van der Waals surface area contributed by atoms with Crippen molar-refractivity contribution in [2.24, 2.45) is 5.41 Å². The monoisotopic (exact) mass is 600 g/mol. The number of aliphatic hydroxyl groups excluding tert-OH is 1. The molecule has 10 heteroatoms. The Bertz CT molecular complexity index is 1170. The molecule has 2 aliphatic heterocycles. The summed E-state index contributed by atoms with van der Waals surface area (Å²) in [6.45, 7) is 9.92. The Hall–Kier alpha value is -3.05. The summed E-state index contributed by atoms with van der Waals surface area (Å²) in [6, 6.07) is 13.5. The Kier molecular flexibility index (Phi) is 11.5. The molecular weight excluding hydrogens is 552 g/mol. The number of likely N-dealkylation sites (tertiary alicyclic amines) is 1. The molecule has 1 saturated heterocycles. The van der Waals surface area contributed by atoms with Gasteiger partial charge in [-0.05, 0) is 53.6 Å². The first-order chi connectivity index (χ1) is 20.7. The lowest BCUT2D eigenvalue weighted by Crippen LogP contribution is -2.64. The second-order valence-electron chi connectivity index (χ2n) is 12.3. The second kappa shape index (κ2) is 15.1. The summed E-state index contributed by atoms with van der Waals surface area (Å²) < 4.78 is 29.7. The van der Waals surface area contributed by atoms with Gasteiger partial charge < -0.3 is 38.8 Å². The molecule has 4 atom stereocenters. The molecule has 0 aromatic heterocycles. The number of nitrogens with zero attached hydrogens (tertiary/aromatic N) is 2. The van der Waals surface area contributed by atoms with Crippen LogP contribution in [0.3, 0.4) is 0 Å². The predicted molar refractivity (Wildman–Crippen MR) is 164 cm³/mol. The number of methoxy groups -OCH3 is 2. The molecule has 2 N–H and O–H groups in total. The van der Waals surface area contributed by atoms with Gasteiger partial charge in [-0.1, -0.05) is 39.0 Å². The highest BCUT2D eigenvalue weighted by Gasteiger charge is 2.51. The molecule has 43 heavy (non-hydrogen) atoms. The zero-order chi connectivity index (χ0) is 31.0. The number of ether oxygens (including phenoxy) is 5. The summed E-state index contributed by atoms with van der Waals surface area (Å²) in [4.78, 5) is 16.5. The first-order valence-corrected chi connectivity index (χ1v) is 15.1. The summed E-state index contributed by atoms with van der Waals surface area (Å²) in [5.74, 6) is 1.33. The van der Waals surface area contributed by atoms with Gasteiger partial charge in [0.05, 0.1) is 50.7 Å². The van der Waals surface area contributed by atoms with Crippen LogP contribution < -0.4 is 14.4 Å². The van der Waals surface area contributed by atoms with Crippen molar-refractivity contribution in [3.8, 4) is 11.5 Å². The minimum absolute atomic E-state index is 0.00674. The molecule has 2 aromatic rings. The fraction of sp³-hybridized carbons (Fsp3) is 0.606. The van der Waals surface area contributed by atoms with Gasteiger partial charge in [0, 0.05) is 39.4 Å². The highest BCUT2D eigenvalue weighted by Crippen LogP contribution is 2.43. The number of hydrogen-bond donors (Lipinski definition) is 2. The first-order valence-electron chi connectivity index (χ1n) is 15.1. The molecule has 2 heterocycles. The molecule has 0 spiro atoms. The molecule has 4 rings (SSSR count). The van der Waals surface area contributed by atoms with Crippen molar-refractivity contribution in [1.82, 2.24) is 4.90 Å². The maximum Gasteiger partial charge on any atom is 0.407 e. The quantitative estimate of drug-likeness (QED) is 0.314. The average molecular weight is 601 g/mol. The molecule has 0 saturated carbocycles. The summed E-state index contributed by atoms with van der Waals surface area (Å²) in [5, 5.41) is 19.9. The molecule has 1 amide bonds. The van der Waals surface area contributed by atoms with Crippen molar-refractivity contribution in [3.63, 3.8) is 0 Å². The third-order valence-corrected chi connectivity index (χ3v) is 8.25. The molecule has 1 fully saturated rings. The van der Waals surface area contributed by atoms with Gasteiger partial charge in [-0.15, -0.1) is 0 Å². The van der Waals surface area contributed by atoms with Crippen LogP contribution in [0.1, 0.15) is 50.7 Å². The van der Waals surface area contributed by atoms with E-state index in [0.717, 1.165) is 47.8 Å². The highest BCUT2D eigenvalue weighted by molar-refractivity contribution is 5.66. The SMILES string of the molecule is COCCCN1CCOc2ccc(CO[C@H]3CN(C(=O)O)C(C(C)(C)C)[C@@H](OCCCO)[C@H]3c3ccc(OC)cc3)cc21. The number of anilines is 1. The van der Waals surface area contributed by atoms with Gasteiger partial charge in [0.25, 0.3) is 0 Å². The number of fused-ring (bicyclic) bond motifs is 1. The van der Waals surface area contributed by atoms with E-state index in [9.17, 15) is 15.0 Å². The predicted octanol–water partition coefficient (Wildman–Crippen LogP) is 4.78. The van der Waals surface area contributed by atoms with E-state index in [-0.39, 0.29) is 19.1 Å². The van der Waals surface area contributed by atoms with Crippen molar-refractivity contribution >= 4 is 11.8 Å². The maximum absolute atomic E-state index is 12.7. The number of hydrogen-bond acceptors (Lipinski definition) is 8. The van der Waals surface area contributed by atoms with Crippen molar-refractivity contribution in [3.05, 3.63) is 53.6 Å². The summed E-state index contributed by atoms with van der Waals surface area (Å²) in [7, 11) is 3.34. The molecule has 2 aliphatic rings. The number of carbonyl (C=O) groups is 1. The second-order valence-corrected chi connectivity index (χ2v) is 12.3. The van der Waals surface area contributed by atoms with Gasteiger partial charge in [0.15, 0.2) is 0 Å². The van der Waals surface area contributed by atoms with Crippen LogP contribution in [-0.4, -0.2) is 99.7 Å². The van der Waals surface area contributed by atoms with Gasteiger partial charge in [-0.3, -0.25) is 4.90 Å². The maximum atomic E-state index is 12.7. The topological polar surface area (TPSA) is 110 Å². The van der Waals surface area contributed by atoms with E-state index in [1.54, 1.807) is 14.2 Å². The van der Waals surface area contributed by atoms with Crippen LogP contribution in [0.2, 0.25) is 0 Å². The van der Waals surface area contributed by atoms with Gasteiger partial charge in [0.1, 0.15) is 18.1 Å². The molecule has 0 aliphatic carbocycles. The van der Waals surface area contributed by atoms with E-state index in [1.165, 1.54) is 4.90 Å². The molecule has 0 bridgehead atoms. The zero-order valence-electron chi connectivity index (χ0n) is 26.2. The lowest BCUT2D eigenvalue weighted by molar-refractivity contribution is -0.137. The Balaban J connectivity index is 1.66. The van der Waals surface area contributed by atoms with E-state index >= 15 is 0 Å². The summed E-state index contributed by atoms with van der Waals surface area (Å²) >= 11 is 0. The lowest BCUT2D eigenvalue weighted by atomic mass is 9.71.